The summed E-state index contributed by atoms with van der Waals surface area (Å²) in [6.07, 6.45) is 1.56. The van der Waals surface area contributed by atoms with E-state index < -0.39 is 0 Å². The summed E-state index contributed by atoms with van der Waals surface area (Å²) in [4.78, 5) is 8.54. The quantitative estimate of drug-likeness (QED) is 0.731. The SMILES string of the molecule is CC(Nc1cc(Nc2ccccc2)ncn1)c1ccccc1. The van der Waals surface area contributed by atoms with Gasteiger partial charge in [0, 0.05) is 17.8 Å². The molecule has 0 saturated carbocycles. The summed E-state index contributed by atoms with van der Waals surface area (Å²) in [5.74, 6) is 1.56. The van der Waals surface area contributed by atoms with Gasteiger partial charge >= 0.3 is 0 Å². The Morgan fingerprint density at radius 3 is 2.18 bits per heavy atom. The summed E-state index contributed by atoms with van der Waals surface area (Å²) in [5.41, 5.74) is 2.22. The molecule has 0 amide bonds. The minimum Gasteiger partial charge on any atom is -0.363 e. The number of nitrogens with zero attached hydrogens (tertiary/aromatic N) is 2. The topological polar surface area (TPSA) is 49.8 Å². The van der Waals surface area contributed by atoms with E-state index in [2.05, 4.69) is 39.7 Å². The first-order valence-electron chi connectivity index (χ1n) is 7.27. The number of benzene rings is 2. The molecule has 1 heterocycles. The highest BCUT2D eigenvalue weighted by atomic mass is 15.1. The summed E-state index contributed by atoms with van der Waals surface area (Å²) >= 11 is 0. The van der Waals surface area contributed by atoms with Crippen molar-refractivity contribution >= 4 is 17.3 Å². The van der Waals surface area contributed by atoms with Crippen molar-refractivity contribution in [1.29, 1.82) is 0 Å². The van der Waals surface area contributed by atoms with Crippen LogP contribution in [0.25, 0.3) is 0 Å². The average Bonchev–Trinajstić information content (AvgIpc) is 2.57. The van der Waals surface area contributed by atoms with E-state index in [4.69, 9.17) is 0 Å². The molecule has 0 aliphatic rings. The Hall–Kier alpha value is -2.88. The van der Waals surface area contributed by atoms with Crippen molar-refractivity contribution in [1.82, 2.24) is 9.97 Å². The lowest BCUT2D eigenvalue weighted by Gasteiger charge is -2.15. The van der Waals surface area contributed by atoms with Crippen molar-refractivity contribution in [2.24, 2.45) is 0 Å². The maximum Gasteiger partial charge on any atom is 0.135 e. The number of hydrogen-bond donors (Lipinski definition) is 2. The lowest BCUT2D eigenvalue weighted by molar-refractivity contribution is 0.872. The zero-order valence-electron chi connectivity index (χ0n) is 12.4. The van der Waals surface area contributed by atoms with E-state index in [9.17, 15) is 0 Å². The monoisotopic (exact) mass is 290 g/mol. The second-order valence-electron chi connectivity index (χ2n) is 5.06. The Bertz CT molecular complexity index is 713. The van der Waals surface area contributed by atoms with Crippen LogP contribution < -0.4 is 10.6 Å². The Morgan fingerprint density at radius 1 is 0.818 bits per heavy atom. The standard InChI is InChI=1S/C18H18N4/c1-14(15-8-4-2-5-9-15)21-17-12-18(20-13-19-17)22-16-10-6-3-7-11-16/h2-14H,1H3,(H2,19,20,21,22). The normalized spacial score (nSPS) is 11.7. The van der Waals surface area contributed by atoms with Crippen LogP contribution in [0.4, 0.5) is 17.3 Å². The lowest BCUT2D eigenvalue weighted by Crippen LogP contribution is -2.08. The van der Waals surface area contributed by atoms with Crippen LogP contribution >= 0.6 is 0 Å². The lowest BCUT2D eigenvalue weighted by atomic mass is 10.1. The van der Waals surface area contributed by atoms with Gasteiger partial charge in [-0.25, -0.2) is 9.97 Å². The fourth-order valence-corrected chi connectivity index (χ4v) is 2.22. The minimum absolute atomic E-state index is 0.181. The van der Waals surface area contributed by atoms with E-state index in [-0.39, 0.29) is 6.04 Å². The van der Waals surface area contributed by atoms with Crippen molar-refractivity contribution < 1.29 is 0 Å². The summed E-state index contributed by atoms with van der Waals surface area (Å²) in [6, 6.07) is 22.3. The molecule has 2 N–H and O–H groups in total. The fourth-order valence-electron chi connectivity index (χ4n) is 2.22. The number of rotatable bonds is 5. The number of anilines is 3. The number of aromatic nitrogens is 2. The van der Waals surface area contributed by atoms with Crippen LogP contribution in [0.2, 0.25) is 0 Å². The smallest absolute Gasteiger partial charge is 0.135 e. The van der Waals surface area contributed by atoms with Crippen LogP contribution in [0.5, 0.6) is 0 Å². The van der Waals surface area contributed by atoms with Crippen LogP contribution in [0.3, 0.4) is 0 Å². The molecule has 22 heavy (non-hydrogen) atoms. The van der Waals surface area contributed by atoms with Gasteiger partial charge < -0.3 is 10.6 Å². The van der Waals surface area contributed by atoms with Crippen molar-refractivity contribution in [3.63, 3.8) is 0 Å². The largest absolute Gasteiger partial charge is 0.363 e. The van der Waals surface area contributed by atoms with Crippen molar-refractivity contribution in [3.05, 3.63) is 78.6 Å². The summed E-state index contributed by atoms with van der Waals surface area (Å²) in [5, 5.41) is 6.66. The molecule has 110 valence electrons. The van der Waals surface area contributed by atoms with E-state index in [1.54, 1.807) is 6.33 Å². The van der Waals surface area contributed by atoms with E-state index in [0.717, 1.165) is 17.3 Å². The molecule has 4 nitrogen and oxygen atoms in total. The van der Waals surface area contributed by atoms with Crippen LogP contribution in [0.1, 0.15) is 18.5 Å². The number of hydrogen-bond acceptors (Lipinski definition) is 4. The molecule has 0 spiro atoms. The third-order valence-electron chi connectivity index (χ3n) is 3.38. The van der Waals surface area contributed by atoms with Crippen molar-refractivity contribution in [3.8, 4) is 0 Å². The molecule has 0 fully saturated rings. The van der Waals surface area contributed by atoms with Crippen molar-refractivity contribution in [2.45, 2.75) is 13.0 Å². The molecule has 2 aromatic carbocycles. The summed E-state index contributed by atoms with van der Waals surface area (Å²) < 4.78 is 0. The van der Waals surface area contributed by atoms with Crippen LogP contribution in [-0.4, -0.2) is 9.97 Å². The average molecular weight is 290 g/mol. The second kappa shape index (κ2) is 6.72. The molecule has 4 heteroatoms. The molecular weight excluding hydrogens is 272 g/mol. The predicted octanol–water partition coefficient (Wildman–Crippen LogP) is 4.39. The van der Waals surface area contributed by atoms with Gasteiger partial charge in [0.15, 0.2) is 0 Å². The Kier molecular flexibility index (Phi) is 4.30. The molecule has 3 aromatic rings. The van der Waals surface area contributed by atoms with Gasteiger partial charge in [-0.15, -0.1) is 0 Å². The molecule has 3 rings (SSSR count). The van der Waals surface area contributed by atoms with Gasteiger partial charge in [-0.3, -0.25) is 0 Å². The third kappa shape index (κ3) is 3.61. The molecule has 1 unspecified atom stereocenters. The number of para-hydroxylation sites is 1. The molecule has 1 atom stereocenters. The Balaban J connectivity index is 1.71. The maximum atomic E-state index is 4.28. The second-order valence-corrected chi connectivity index (χ2v) is 5.06. The molecule has 0 aliphatic carbocycles. The van der Waals surface area contributed by atoms with Crippen LogP contribution in [0.15, 0.2) is 73.1 Å². The van der Waals surface area contributed by atoms with Crippen LogP contribution in [-0.2, 0) is 0 Å². The molecule has 0 radical (unpaired) electrons. The Morgan fingerprint density at radius 2 is 1.45 bits per heavy atom. The van der Waals surface area contributed by atoms with Crippen LogP contribution in [0, 0.1) is 0 Å². The minimum atomic E-state index is 0.181. The predicted molar refractivity (Wildman–Crippen MR) is 90.2 cm³/mol. The highest BCUT2D eigenvalue weighted by molar-refractivity contribution is 5.58. The molecule has 1 aromatic heterocycles. The molecule has 0 saturated heterocycles. The van der Waals surface area contributed by atoms with Gasteiger partial charge in [-0.05, 0) is 24.6 Å². The van der Waals surface area contributed by atoms with Gasteiger partial charge in [0.1, 0.15) is 18.0 Å². The first kappa shape index (κ1) is 14.1. The third-order valence-corrected chi connectivity index (χ3v) is 3.38. The van der Waals surface area contributed by atoms with Gasteiger partial charge in [-0.1, -0.05) is 48.5 Å². The first-order chi connectivity index (χ1) is 10.8. The summed E-state index contributed by atoms with van der Waals surface area (Å²) in [6.45, 7) is 2.11. The zero-order valence-corrected chi connectivity index (χ0v) is 12.4. The molecule has 0 aliphatic heterocycles. The van der Waals surface area contributed by atoms with E-state index in [1.165, 1.54) is 5.56 Å². The summed E-state index contributed by atoms with van der Waals surface area (Å²) in [7, 11) is 0. The van der Waals surface area contributed by atoms with E-state index in [1.807, 2.05) is 54.6 Å². The molecular formula is C18H18N4. The van der Waals surface area contributed by atoms with Gasteiger partial charge in [0.25, 0.3) is 0 Å². The molecule has 0 bridgehead atoms. The first-order valence-corrected chi connectivity index (χ1v) is 7.27. The highest BCUT2D eigenvalue weighted by Crippen LogP contribution is 2.20. The maximum absolute atomic E-state index is 4.28. The number of nitrogens with one attached hydrogen (secondary N) is 2. The fraction of sp³-hybridized carbons (Fsp3) is 0.111. The van der Waals surface area contributed by atoms with E-state index in [0.29, 0.717) is 0 Å². The van der Waals surface area contributed by atoms with Crippen molar-refractivity contribution in [2.75, 3.05) is 10.6 Å². The zero-order chi connectivity index (χ0) is 15.2. The highest BCUT2D eigenvalue weighted by Gasteiger charge is 2.06. The van der Waals surface area contributed by atoms with Gasteiger partial charge in [-0.2, -0.15) is 0 Å². The van der Waals surface area contributed by atoms with E-state index >= 15 is 0 Å². The Labute approximate surface area is 130 Å². The van der Waals surface area contributed by atoms with Gasteiger partial charge in [0.05, 0.1) is 0 Å². The van der Waals surface area contributed by atoms with Gasteiger partial charge in [0.2, 0.25) is 0 Å².